The van der Waals surface area contributed by atoms with Crippen molar-refractivity contribution in [3.63, 3.8) is 0 Å². The lowest BCUT2D eigenvalue weighted by Gasteiger charge is -2.07. The highest BCUT2D eigenvalue weighted by molar-refractivity contribution is 6.08. The predicted molar refractivity (Wildman–Crippen MR) is 149 cm³/mol. The molecule has 0 amide bonds. The van der Waals surface area contributed by atoms with Gasteiger partial charge in [-0.1, -0.05) is 123 Å². The van der Waals surface area contributed by atoms with Gasteiger partial charge in [0.2, 0.25) is 0 Å². The van der Waals surface area contributed by atoms with Crippen molar-refractivity contribution in [1.82, 2.24) is 0 Å². The molecule has 0 radical (unpaired) electrons. The summed E-state index contributed by atoms with van der Waals surface area (Å²) in [5, 5.41) is 17.8. The third-order valence-electron chi connectivity index (χ3n) is 6.24. The Hall–Kier alpha value is -4.51. The van der Waals surface area contributed by atoms with E-state index in [2.05, 4.69) is 12.1 Å². The average Bonchev–Trinajstić information content (AvgIpc) is 2.94. The van der Waals surface area contributed by atoms with Gasteiger partial charge in [-0.05, 0) is 35.1 Å². The summed E-state index contributed by atoms with van der Waals surface area (Å²) in [6.45, 7) is 3.40. The molecule has 4 aromatic rings. The molecule has 4 rings (SSSR count). The number of aliphatic carboxylic acids is 2. The highest BCUT2D eigenvalue weighted by atomic mass is 16.4. The predicted octanol–water partition coefficient (Wildman–Crippen LogP) is 6.80. The van der Waals surface area contributed by atoms with E-state index < -0.39 is 17.9 Å². The van der Waals surface area contributed by atoms with Gasteiger partial charge in [0.25, 0.3) is 0 Å². The number of ketones is 1. The van der Waals surface area contributed by atoms with Crippen LogP contribution in [0.25, 0.3) is 11.1 Å². The van der Waals surface area contributed by atoms with Crippen molar-refractivity contribution in [2.45, 2.75) is 26.7 Å². The third kappa shape index (κ3) is 8.27. The van der Waals surface area contributed by atoms with Gasteiger partial charge >= 0.3 is 11.9 Å². The maximum Gasteiger partial charge on any atom is 0.306 e. The summed E-state index contributed by atoms with van der Waals surface area (Å²) in [7, 11) is 0. The maximum atomic E-state index is 12.2. The summed E-state index contributed by atoms with van der Waals surface area (Å²) in [6.07, 6.45) is 1.04. The fourth-order valence-electron chi connectivity index (χ4n) is 3.89. The molecule has 0 aliphatic heterocycles. The van der Waals surface area contributed by atoms with Crippen LogP contribution in [0.2, 0.25) is 0 Å². The van der Waals surface area contributed by atoms with Crippen molar-refractivity contribution in [3.8, 4) is 11.1 Å². The molecule has 0 saturated heterocycles. The zero-order valence-electron chi connectivity index (χ0n) is 21.6. The Morgan fingerprint density at radius 3 is 1.34 bits per heavy atom. The van der Waals surface area contributed by atoms with Gasteiger partial charge in [-0.3, -0.25) is 14.4 Å². The normalized spacial score (nSPS) is 11.9. The highest BCUT2D eigenvalue weighted by Gasteiger charge is 2.13. The van der Waals surface area contributed by atoms with Crippen LogP contribution >= 0.6 is 0 Å². The van der Waals surface area contributed by atoms with Crippen molar-refractivity contribution in [2.75, 3.05) is 0 Å². The number of carboxylic acids is 2. The van der Waals surface area contributed by atoms with Crippen LogP contribution in [-0.4, -0.2) is 27.9 Å². The number of benzene rings is 4. The molecule has 38 heavy (non-hydrogen) atoms. The zero-order valence-corrected chi connectivity index (χ0v) is 21.6. The summed E-state index contributed by atoms with van der Waals surface area (Å²) in [4.78, 5) is 33.8. The fraction of sp³-hybridized carbons (Fsp3) is 0.182. The van der Waals surface area contributed by atoms with Crippen LogP contribution in [0.1, 0.15) is 40.9 Å². The third-order valence-corrected chi connectivity index (χ3v) is 6.24. The van der Waals surface area contributed by atoms with Gasteiger partial charge in [0.1, 0.15) is 0 Å². The minimum atomic E-state index is -0.811. The topological polar surface area (TPSA) is 91.7 Å². The molecule has 2 N–H and O–H groups in total. The molecule has 4 aromatic carbocycles. The second-order valence-corrected chi connectivity index (χ2v) is 9.34. The lowest BCUT2D eigenvalue weighted by atomic mass is 9.98. The summed E-state index contributed by atoms with van der Waals surface area (Å²) in [5.74, 6) is -2.35. The van der Waals surface area contributed by atoms with E-state index in [0.717, 1.165) is 16.7 Å². The fourth-order valence-corrected chi connectivity index (χ4v) is 3.89. The van der Waals surface area contributed by atoms with E-state index in [-0.39, 0.29) is 11.7 Å². The molecule has 0 saturated carbocycles. The van der Waals surface area contributed by atoms with Crippen LogP contribution in [0.15, 0.2) is 109 Å². The Labute approximate surface area is 223 Å². The molecule has 0 aliphatic rings. The Morgan fingerprint density at radius 2 is 0.895 bits per heavy atom. The van der Waals surface area contributed by atoms with E-state index in [4.69, 9.17) is 10.2 Å². The standard InChI is InChI=1S/C17H16O3.C16H16O2/c1-12(17(19)20)11-13-7-9-15(10-8-13)16(18)14-5-3-2-4-6-14;1-12(16(17)18)11-13-7-9-15(10-8-13)14-5-3-2-4-6-14/h2-10,12H,11H2,1H3,(H,19,20);2-10,12H,11H2,1H3,(H,17,18)/t12-;/m0./s1. The quantitative estimate of drug-likeness (QED) is 0.243. The first-order valence-corrected chi connectivity index (χ1v) is 12.5. The molecule has 0 heterocycles. The van der Waals surface area contributed by atoms with Gasteiger partial charge in [0.15, 0.2) is 5.78 Å². The van der Waals surface area contributed by atoms with E-state index in [1.54, 1.807) is 38.1 Å². The van der Waals surface area contributed by atoms with Crippen LogP contribution in [0.4, 0.5) is 0 Å². The number of carbonyl (C=O) groups excluding carboxylic acids is 1. The van der Waals surface area contributed by atoms with E-state index in [1.807, 2.05) is 72.8 Å². The van der Waals surface area contributed by atoms with Gasteiger partial charge in [-0.15, -0.1) is 0 Å². The number of carboxylic acid groups (broad SMARTS) is 2. The van der Waals surface area contributed by atoms with Gasteiger partial charge in [-0.2, -0.15) is 0 Å². The minimum Gasteiger partial charge on any atom is -0.481 e. The van der Waals surface area contributed by atoms with Gasteiger partial charge in [0, 0.05) is 11.1 Å². The first-order chi connectivity index (χ1) is 18.2. The number of hydrogen-bond acceptors (Lipinski definition) is 3. The SMILES string of the molecule is CC(Cc1ccc(-c2ccccc2)cc1)C(=O)O.C[C@@H](Cc1ccc(C(=O)c2ccccc2)cc1)C(=O)O. The van der Waals surface area contributed by atoms with Gasteiger partial charge < -0.3 is 10.2 Å². The van der Waals surface area contributed by atoms with Crippen molar-refractivity contribution in [3.05, 3.63) is 131 Å². The molecule has 5 nitrogen and oxygen atoms in total. The van der Waals surface area contributed by atoms with E-state index in [9.17, 15) is 14.4 Å². The molecular weight excluding hydrogens is 476 g/mol. The molecule has 0 spiro atoms. The maximum absolute atomic E-state index is 12.2. The Bertz CT molecular complexity index is 1330. The first kappa shape index (κ1) is 28.1. The molecule has 2 atom stereocenters. The zero-order chi connectivity index (χ0) is 27.5. The largest absolute Gasteiger partial charge is 0.481 e. The summed E-state index contributed by atoms with van der Waals surface area (Å²) >= 11 is 0. The summed E-state index contributed by atoms with van der Waals surface area (Å²) in [6, 6.07) is 34.4. The Morgan fingerprint density at radius 1 is 0.526 bits per heavy atom. The second-order valence-electron chi connectivity index (χ2n) is 9.34. The molecule has 194 valence electrons. The van der Waals surface area contributed by atoms with Crippen LogP contribution in [0, 0.1) is 11.8 Å². The van der Waals surface area contributed by atoms with Crippen LogP contribution in [0.3, 0.4) is 0 Å². The smallest absolute Gasteiger partial charge is 0.306 e. The van der Waals surface area contributed by atoms with Crippen molar-refractivity contribution in [1.29, 1.82) is 0 Å². The molecule has 0 bridgehead atoms. The van der Waals surface area contributed by atoms with Crippen molar-refractivity contribution < 1.29 is 24.6 Å². The average molecular weight is 509 g/mol. The molecule has 0 aromatic heterocycles. The lowest BCUT2D eigenvalue weighted by Crippen LogP contribution is -2.12. The monoisotopic (exact) mass is 508 g/mol. The van der Waals surface area contributed by atoms with E-state index >= 15 is 0 Å². The van der Waals surface area contributed by atoms with Gasteiger partial charge in [0.05, 0.1) is 11.8 Å². The van der Waals surface area contributed by atoms with E-state index in [0.29, 0.717) is 24.0 Å². The van der Waals surface area contributed by atoms with Gasteiger partial charge in [-0.25, -0.2) is 0 Å². The van der Waals surface area contributed by atoms with E-state index in [1.165, 1.54) is 5.56 Å². The Kier molecular flexibility index (Phi) is 10.1. The molecule has 5 heteroatoms. The summed E-state index contributed by atoms with van der Waals surface area (Å²) in [5.41, 5.74) is 5.58. The molecule has 0 fully saturated rings. The molecular formula is C33H32O5. The minimum absolute atomic E-state index is 0.0246. The summed E-state index contributed by atoms with van der Waals surface area (Å²) < 4.78 is 0. The molecule has 0 aliphatic carbocycles. The van der Waals surface area contributed by atoms with Crippen molar-refractivity contribution >= 4 is 17.7 Å². The number of rotatable bonds is 9. The van der Waals surface area contributed by atoms with Crippen LogP contribution in [0.5, 0.6) is 0 Å². The first-order valence-electron chi connectivity index (χ1n) is 12.5. The Balaban J connectivity index is 0.000000212. The number of hydrogen-bond donors (Lipinski definition) is 2. The van der Waals surface area contributed by atoms with Crippen LogP contribution in [-0.2, 0) is 22.4 Å². The highest BCUT2D eigenvalue weighted by Crippen LogP contribution is 2.20. The second kappa shape index (κ2) is 13.7. The molecule has 1 unspecified atom stereocenters. The lowest BCUT2D eigenvalue weighted by molar-refractivity contribution is -0.142. The van der Waals surface area contributed by atoms with Crippen LogP contribution < -0.4 is 0 Å². The van der Waals surface area contributed by atoms with Crippen molar-refractivity contribution in [2.24, 2.45) is 11.8 Å². The number of carbonyl (C=O) groups is 3.